The maximum Gasteiger partial charge on any atom is 0.463 e. The lowest BCUT2D eigenvalue weighted by atomic mass is 10.4. The summed E-state index contributed by atoms with van der Waals surface area (Å²) in [6, 6.07) is -1.44. The Morgan fingerprint density at radius 3 is 2.31 bits per heavy atom. The first-order chi connectivity index (χ1) is 5.81. The fraction of sp³-hybridized carbons (Fsp3) is 0.800. The smallest absolute Gasteiger partial charge is 0.395 e. The third-order valence-corrected chi connectivity index (χ3v) is 1.38. The largest absolute Gasteiger partial charge is 0.463 e. The molecule has 0 saturated heterocycles. The Morgan fingerprint density at radius 2 is 2.00 bits per heavy atom. The molecule has 0 aliphatic heterocycles. The molecule has 13 heavy (non-hydrogen) atoms. The minimum Gasteiger partial charge on any atom is -0.395 e. The Bertz CT molecular complexity index is 189. The van der Waals surface area contributed by atoms with E-state index in [1.165, 1.54) is 0 Å². The predicted molar refractivity (Wildman–Crippen MR) is 38.9 cm³/mol. The SMILES string of the molecule is N[C@@H](CS)C(=O)OC(F)(F)C(F)F. The van der Waals surface area contributed by atoms with E-state index >= 15 is 0 Å². The molecule has 8 heteroatoms. The van der Waals surface area contributed by atoms with Crippen molar-refractivity contribution in [1.82, 2.24) is 0 Å². The fourth-order valence-corrected chi connectivity index (χ4v) is 0.478. The number of ether oxygens (including phenoxy) is 1. The summed E-state index contributed by atoms with van der Waals surface area (Å²) in [5, 5.41) is 0. The fourth-order valence-electron chi connectivity index (χ4n) is 0.329. The van der Waals surface area contributed by atoms with Crippen molar-refractivity contribution >= 4 is 18.6 Å². The zero-order valence-corrected chi connectivity index (χ0v) is 7.11. The Balaban J connectivity index is 4.19. The second-order valence-corrected chi connectivity index (χ2v) is 2.44. The molecular weight excluding hydrogens is 214 g/mol. The van der Waals surface area contributed by atoms with Gasteiger partial charge in [0.25, 0.3) is 0 Å². The number of nitrogens with two attached hydrogens (primary N) is 1. The van der Waals surface area contributed by atoms with E-state index in [0.29, 0.717) is 0 Å². The number of rotatable bonds is 4. The van der Waals surface area contributed by atoms with Crippen molar-refractivity contribution in [2.45, 2.75) is 18.6 Å². The van der Waals surface area contributed by atoms with Crippen LogP contribution in [0.25, 0.3) is 0 Å². The second-order valence-electron chi connectivity index (χ2n) is 2.07. The molecule has 0 aromatic carbocycles. The molecule has 0 fully saturated rings. The summed E-state index contributed by atoms with van der Waals surface area (Å²) in [4.78, 5) is 10.5. The summed E-state index contributed by atoms with van der Waals surface area (Å²) in [5.41, 5.74) is 4.89. The maximum atomic E-state index is 12.0. The van der Waals surface area contributed by atoms with E-state index in [4.69, 9.17) is 5.73 Å². The summed E-state index contributed by atoms with van der Waals surface area (Å²) in [5.74, 6) is -1.88. The monoisotopic (exact) mass is 221 g/mol. The van der Waals surface area contributed by atoms with Gasteiger partial charge < -0.3 is 10.5 Å². The summed E-state index contributed by atoms with van der Waals surface area (Å²) in [7, 11) is 0. The normalized spacial score (nSPS) is 14.4. The van der Waals surface area contributed by atoms with Gasteiger partial charge in [0.05, 0.1) is 0 Å². The van der Waals surface area contributed by atoms with E-state index in [0.717, 1.165) is 0 Å². The Hall–Kier alpha value is -0.500. The van der Waals surface area contributed by atoms with Crippen LogP contribution in [0.4, 0.5) is 17.6 Å². The van der Waals surface area contributed by atoms with Gasteiger partial charge in [-0.2, -0.15) is 30.2 Å². The van der Waals surface area contributed by atoms with Crippen molar-refractivity contribution in [3.63, 3.8) is 0 Å². The highest BCUT2D eigenvalue weighted by molar-refractivity contribution is 7.80. The van der Waals surface area contributed by atoms with Crippen molar-refractivity contribution in [3.8, 4) is 0 Å². The van der Waals surface area contributed by atoms with Crippen LogP contribution in [-0.2, 0) is 9.53 Å². The molecule has 0 aliphatic rings. The molecule has 0 unspecified atom stereocenters. The Morgan fingerprint density at radius 1 is 1.54 bits per heavy atom. The lowest BCUT2D eigenvalue weighted by Gasteiger charge is -2.17. The highest BCUT2D eigenvalue weighted by Gasteiger charge is 2.46. The van der Waals surface area contributed by atoms with Gasteiger partial charge in [-0.3, -0.25) is 4.79 Å². The quantitative estimate of drug-likeness (QED) is 0.416. The van der Waals surface area contributed by atoms with E-state index in [1.807, 2.05) is 0 Å². The summed E-state index contributed by atoms with van der Waals surface area (Å²) in [6.07, 6.45) is -8.86. The van der Waals surface area contributed by atoms with Crippen molar-refractivity contribution in [3.05, 3.63) is 0 Å². The van der Waals surface area contributed by atoms with Gasteiger partial charge in [-0.25, -0.2) is 0 Å². The first kappa shape index (κ1) is 12.5. The zero-order chi connectivity index (χ0) is 10.6. The number of carbonyl (C=O) groups is 1. The van der Waals surface area contributed by atoms with E-state index in [2.05, 4.69) is 17.4 Å². The molecule has 0 rings (SSSR count). The topological polar surface area (TPSA) is 52.3 Å². The van der Waals surface area contributed by atoms with Crippen LogP contribution < -0.4 is 5.73 Å². The zero-order valence-electron chi connectivity index (χ0n) is 6.21. The lowest BCUT2D eigenvalue weighted by Crippen LogP contribution is -2.41. The standard InChI is InChI=1S/C5H7F4NO2S/c6-4(7)5(8,9)12-3(11)2(10)1-13/h2,4,13H,1,10H2/t2-/m0/s1. The molecule has 0 saturated carbocycles. The molecule has 0 amide bonds. The minimum atomic E-state index is -4.79. The van der Waals surface area contributed by atoms with Crippen LogP contribution in [0, 0.1) is 0 Å². The van der Waals surface area contributed by atoms with Gasteiger partial charge >= 0.3 is 18.5 Å². The van der Waals surface area contributed by atoms with Gasteiger partial charge in [0.2, 0.25) is 0 Å². The van der Waals surface area contributed by atoms with Crippen LogP contribution in [0.15, 0.2) is 0 Å². The molecule has 0 aromatic rings. The van der Waals surface area contributed by atoms with E-state index in [9.17, 15) is 22.4 Å². The number of halogens is 4. The van der Waals surface area contributed by atoms with Gasteiger partial charge in [0.15, 0.2) is 0 Å². The van der Waals surface area contributed by atoms with Crippen LogP contribution in [0.2, 0.25) is 0 Å². The molecule has 1 atom stereocenters. The number of esters is 1. The van der Waals surface area contributed by atoms with E-state index in [1.54, 1.807) is 0 Å². The van der Waals surface area contributed by atoms with Gasteiger partial charge in [-0.05, 0) is 0 Å². The predicted octanol–water partition coefficient (Wildman–Crippen LogP) is 0.645. The molecule has 3 nitrogen and oxygen atoms in total. The highest BCUT2D eigenvalue weighted by Crippen LogP contribution is 2.24. The average molecular weight is 221 g/mol. The summed E-state index contributed by atoms with van der Waals surface area (Å²) < 4.78 is 50.1. The first-order valence-corrected chi connectivity index (χ1v) is 3.69. The Labute approximate surface area is 76.6 Å². The van der Waals surface area contributed by atoms with E-state index < -0.39 is 24.5 Å². The number of thiol groups is 1. The third kappa shape index (κ3) is 3.81. The molecule has 0 bridgehead atoms. The average Bonchev–Trinajstić information content (AvgIpc) is 2.01. The van der Waals surface area contributed by atoms with Gasteiger partial charge in [0.1, 0.15) is 6.04 Å². The van der Waals surface area contributed by atoms with Gasteiger partial charge in [-0.15, -0.1) is 0 Å². The van der Waals surface area contributed by atoms with Crippen molar-refractivity contribution in [1.29, 1.82) is 0 Å². The molecule has 0 heterocycles. The van der Waals surface area contributed by atoms with Crippen LogP contribution in [0.5, 0.6) is 0 Å². The van der Waals surface area contributed by atoms with Crippen molar-refractivity contribution in [2.75, 3.05) is 5.75 Å². The van der Waals surface area contributed by atoms with Crippen molar-refractivity contribution < 1.29 is 27.1 Å². The maximum absolute atomic E-state index is 12.0. The number of hydrogen-bond acceptors (Lipinski definition) is 4. The van der Waals surface area contributed by atoms with Gasteiger partial charge in [-0.1, -0.05) is 0 Å². The number of carbonyl (C=O) groups excluding carboxylic acids is 1. The van der Waals surface area contributed by atoms with Gasteiger partial charge in [0, 0.05) is 5.75 Å². The molecule has 2 N–H and O–H groups in total. The number of hydrogen-bond donors (Lipinski definition) is 2. The summed E-state index contributed by atoms with van der Waals surface area (Å²) >= 11 is 3.50. The van der Waals surface area contributed by atoms with Crippen LogP contribution in [0.1, 0.15) is 0 Å². The molecule has 0 aromatic heterocycles. The Kier molecular flexibility index (Phi) is 4.48. The second kappa shape index (κ2) is 4.66. The minimum absolute atomic E-state index is 0.266. The molecular formula is C5H7F4NO2S. The van der Waals surface area contributed by atoms with Crippen LogP contribution in [-0.4, -0.2) is 30.3 Å². The molecule has 0 radical (unpaired) electrons. The van der Waals surface area contributed by atoms with Crippen molar-refractivity contribution in [2.24, 2.45) is 5.73 Å². The van der Waals surface area contributed by atoms with E-state index in [-0.39, 0.29) is 5.75 Å². The molecule has 0 spiro atoms. The molecule has 78 valence electrons. The third-order valence-electron chi connectivity index (χ3n) is 0.990. The highest BCUT2D eigenvalue weighted by atomic mass is 32.1. The molecule has 0 aliphatic carbocycles. The summed E-state index contributed by atoms with van der Waals surface area (Å²) in [6.45, 7) is 0. The van der Waals surface area contributed by atoms with Crippen LogP contribution in [0.3, 0.4) is 0 Å². The number of alkyl halides is 4. The first-order valence-electron chi connectivity index (χ1n) is 3.06. The lowest BCUT2D eigenvalue weighted by molar-refractivity contribution is -0.285. The van der Waals surface area contributed by atoms with Crippen LogP contribution >= 0.6 is 12.6 Å².